The van der Waals surface area contributed by atoms with Crippen LogP contribution in [-0.4, -0.2) is 58.0 Å². The molecule has 4 rings (SSSR count). The number of anilines is 2. The number of hydrogen-bond acceptors (Lipinski definition) is 7. The van der Waals surface area contributed by atoms with Gasteiger partial charge in [-0.25, -0.2) is 9.78 Å². The van der Waals surface area contributed by atoms with Gasteiger partial charge in [-0.15, -0.1) is 0 Å². The van der Waals surface area contributed by atoms with Crippen LogP contribution >= 0.6 is 0 Å². The van der Waals surface area contributed by atoms with Gasteiger partial charge in [0.1, 0.15) is 11.8 Å². The zero-order chi connectivity index (χ0) is 26.6. The van der Waals surface area contributed by atoms with Crippen molar-refractivity contribution in [1.29, 1.82) is 0 Å². The Kier molecular flexibility index (Phi) is 8.14. The average molecular weight is 509 g/mol. The number of amides is 1. The van der Waals surface area contributed by atoms with Gasteiger partial charge in [0.05, 0.1) is 30.3 Å². The first-order valence-electron chi connectivity index (χ1n) is 12.7. The van der Waals surface area contributed by atoms with Crippen LogP contribution in [0.4, 0.5) is 11.4 Å². The number of nitrogens with zero attached hydrogens (tertiary/aromatic N) is 2. The summed E-state index contributed by atoms with van der Waals surface area (Å²) in [4.78, 5) is 30.8. The lowest BCUT2D eigenvalue weighted by Crippen LogP contribution is -2.29. The van der Waals surface area contributed by atoms with Crippen LogP contribution in [0.15, 0.2) is 42.6 Å². The second-order valence-corrected chi connectivity index (χ2v) is 10.3. The van der Waals surface area contributed by atoms with E-state index in [1.54, 1.807) is 20.0 Å². The molecule has 37 heavy (non-hydrogen) atoms. The Morgan fingerprint density at radius 3 is 2.70 bits per heavy atom. The molecule has 1 aliphatic heterocycles. The molecule has 1 saturated heterocycles. The number of methoxy groups -OCH3 is 1. The van der Waals surface area contributed by atoms with Crippen LogP contribution in [0.2, 0.25) is 0 Å². The first kappa shape index (κ1) is 26.6. The Hall–Kier alpha value is -3.43. The van der Waals surface area contributed by atoms with Crippen LogP contribution in [0.1, 0.15) is 56.1 Å². The summed E-state index contributed by atoms with van der Waals surface area (Å²) in [5.74, 6) is -0.850. The largest absolute Gasteiger partial charge is 0.464 e. The van der Waals surface area contributed by atoms with Crippen molar-refractivity contribution in [2.45, 2.75) is 70.7 Å². The molecule has 0 saturated carbocycles. The first-order chi connectivity index (χ1) is 17.7. The molecule has 1 fully saturated rings. The molecule has 1 aliphatic rings. The summed E-state index contributed by atoms with van der Waals surface area (Å²) in [6.07, 6.45) is 3.78. The molecule has 0 unspecified atom stereocenters. The number of rotatable bonds is 10. The highest BCUT2D eigenvalue weighted by atomic mass is 16.5. The van der Waals surface area contributed by atoms with Crippen molar-refractivity contribution >= 4 is 34.3 Å². The van der Waals surface area contributed by atoms with Gasteiger partial charge >= 0.3 is 5.97 Å². The van der Waals surface area contributed by atoms with Gasteiger partial charge in [-0.05, 0) is 58.1 Å². The van der Waals surface area contributed by atoms with Crippen LogP contribution < -0.4 is 10.6 Å². The third kappa shape index (κ3) is 6.47. The molecular weight excluding hydrogens is 472 g/mol. The summed E-state index contributed by atoms with van der Waals surface area (Å²) in [6.45, 7) is 6.51. The van der Waals surface area contributed by atoms with Crippen LogP contribution in [-0.2, 0) is 27.2 Å². The Morgan fingerprint density at radius 2 is 2.05 bits per heavy atom. The van der Waals surface area contributed by atoms with E-state index in [2.05, 4.69) is 10.6 Å². The highest BCUT2D eigenvalue weighted by Crippen LogP contribution is 2.34. The third-order valence-corrected chi connectivity index (χ3v) is 6.43. The number of fused-ring (bicyclic) bond motifs is 1. The van der Waals surface area contributed by atoms with Crippen LogP contribution in [0.3, 0.4) is 0 Å². The number of aromatic nitrogens is 2. The van der Waals surface area contributed by atoms with Crippen molar-refractivity contribution < 1.29 is 24.2 Å². The quantitative estimate of drug-likeness (QED) is 0.353. The fraction of sp³-hybridized carbons (Fsp3) is 0.464. The van der Waals surface area contributed by atoms with Gasteiger partial charge in [0.15, 0.2) is 5.69 Å². The minimum absolute atomic E-state index is 0.0376. The number of nitrogens with one attached hydrogen (secondary N) is 2. The number of carbonyl (C=O) groups is 2. The summed E-state index contributed by atoms with van der Waals surface area (Å²) < 4.78 is 12.5. The Morgan fingerprint density at radius 1 is 1.30 bits per heavy atom. The normalized spacial score (nSPS) is 16.5. The smallest absolute Gasteiger partial charge is 0.356 e. The minimum atomic E-state index is -0.830. The van der Waals surface area contributed by atoms with E-state index in [1.165, 1.54) is 7.11 Å². The predicted molar refractivity (Wildman–Crippen MR) is 143 cm³/mol. The van der Waals surface area contributed by atoms with Gasteiger partial charge in [0.2, 0.25) is 0 Å². The number of aryl methyl sites for hydroxylation is 2. The van der Waals surface area contributed by atoms with Crippen molar-refractivity contribution in [2.24, 2.45) is 0 Å². The van der Waals surface area contributed by atoms with Crippen molar-refractivity contribution in [3.05, 3.63) is 53.9 Å². The maximum Gasteiger partial charge on any atom is 0.356 e. The summed E-state index contributed by atoms with van der Waals surface area (Å²) in [5, 5.41) is 17.1. The second-order valence-electron chi connectivity index (χ2n) is 10.3. The summed E-state index contributed by atoms with van der Waals surface area (Å²) in [7, 11) is 1.33. The van der Waals surface area contributed by atoms with Gasteiger partial charge in [-0.2, -0.15) is 0 Å². The topological polar surface area (TPSA) is 115 Å². The van der Waals surface area contributed by atoms with Crippen molar-refractivity contribution in [1.82, 2.24) is 9.55 Å². The molecule has 1 amide bonds. The van der Waals surface area contributed by atoms with Crippen molar-refractivity contribution in [2.75, 3.05) is 24.4 Å². The number of ether oxygens (including phenoxy) is 2. The van der Waals surface area contributed by atoms with Crippen LogP contribution in [0.5, 0.6) is 0 Å². The maximum atomic E-state index is 13.1. The lowest BCUT2D eigenvalue weighted by molar-refractivity contribution is -0.124. The fourth-order valence-corrected chi connectivity index (χ4v) is 4.92. The molecule has 3 aromatic rings. The molecule has 9 nitrogen and oxygen atoms in total. The van der Waals surface area contributed by atoms with Gasteiger partial charge in [-0.3, -0.25) is 4.79 Å². The monoisotopic (exact) mass is 508 g/mol. The molecule has 3 heterocycles. The zero-order valence-corrected chi connectivity index (χ0v) is 21.9. The highest BCUT2D eigenvalue weighted by molar-refractivity contribution is 6.12. The molecule has 2 aromatic heterocycles. The lowest BCUT2D eigenvalue weighted by Gasteiger charge is -2.23. The zero-order valence-electron chi connectivity index (χ0n) is 21.9. The molecular formula is C28H36N4O5. The number of pyridine rings is 1. The number of carbonyl (C=O) groups excluding carboxylic acids is 2. The standard InChI is InChI=1S/C28H36N4O5/c1-18(16-28(2,3)35)30-20-15-21-23(31-26(33)22-11-8-14-37-22)24(27(34)36-4)32(25(21)29-17-20)13-12-19-9-6-5-7-10-19/h5-7,9-10,15,17-18,22,30,35H,8,11-14,16H2,1-4H3,(H,31,33)/t18-,22-/m0/s1. The van der Waals surface area contributed by atoms with Gasteiger partial charge in [0.25, 0.3) is 5.91 Å². The highest BCUT2D eigenvalue weighted by Gasteiger charge is 2.30. The molecule has 0 radical (unpaired) electrons. The Balaban J connectivity index is 1.76. The van der Waals surface area contributed by atoms with E-state index < -0.39 is 17.7 Å². The maximum absolute atomic E-state index is 13.1. The molecule has 9 heteroatoms. The number of esters is 1. The Bertz CT molecular complexity index is 1240. The summed E-state index contributed by atoms with van der Waals surface area (Å²) >= 11 is 0. The van der Waals surface area contributed by atoms with E-state index >= 15 is 0 Å². The second kappa shape index (κ2) is 11.3. The SMILES string of the molecule is COC(=O)c1c(NC(=O)[C@@H]2CCCO2)c2cc(N[C@@H](C)CC(C)(C)O)cnc2n1CCc1ccccc1. The molecule has 0 bridgehead atoms. The first-order valence-corrected chi connectivity index (χ1v) is 12.7. The molecule has 3 N–H and O–H groups in total. The lowest BCUT2D eigenvalue weighted by atomic mass is 10.0. The summed E-state index contributed by atoms with van der Waals surface area (Å²) in [6, 6.07) is 11.8. The fourth-order valence-electron chi connectivity index (χ4n) is 4.92. The number of aliphatic hydroxyl groups is 1. The predicted octanol–water partition coefficient (Wildman–Crippen LogP) is 4.14. The van der Waals surface area contributed by atoms with E-state index in [4.69, 9.17) is 14.5 Å². The van der Waals surface area contributed by atoms with Crippen molar-refractivity contribution in [3.8, 4) is 0 Å². The van der Waals surface area contributed by atoms with Gasteiger partial charge in [0, 0.05) is 24.6 Å². The summed E-state index contributed by atoms with van der Waals surface area (Å²) in [5.41, 5.74) is 2.18. The molecule has 198 valence electrons. The van der Waals surface area contributed by atoms with Crippen LogP contribution in [0.25, 0.3) is 11.0 Å². The average Bonchev–Trinajstić information content (AvgIpc) is 3.49. The van der Waals surface area contributed by atoms with E-state index in [0.29, 0.717) is 54.8 Å². The third-order valence-electron chi connectivity index (χ3n) is 6.43. The number of hydrogen-bond donors (Lipinski definition) is 3. The van der Waals surface area contributed by atoms with E-state index in [1.807, 2.05) is 47.9 Å². The Labute approximate surface area is 217 Å². The van der Waals surface area contributed by atoms with E-state index in [0.717, 1.165) is 12.0 Å². The van der Waals surface area contributed by atoms with Gasteiger partial charge in [-0.1, -0.05) is 30.3 Å². The van der Waals surface area contributed by atoms with Gasteiger partial charge < -0.3 is 29.8 Å². The van der Waals surface area contributed by atoms with E-state index in [9.17, 15) is 14.7 Å². The molecule has 1 aromatic carbocycles. The molecule has 0 aliphatic carbocycles. The molecule has 0 spiro atoms. The van der Waals surface area contributed by atoms with Crippen LogP contribution in [0, 0.1) is 0 Å². The number of benzene rings is 1. The molecule has 2 atom stereocenters. The van der Waals surface area contributed by atoms with E-state index in [-0.39, 0.29) is 17.6 Å². The van der Waals surface area contributed by atoms with Crippen molar-refractivity contribution in [3.63, 3.8) is 0 Å². The minimum Gasteiger partial charge on any atom is -0.464 e.